The quantitative estimate of drug-likeness (QED) is 0.640. The van der Waals surface area contributed by atoms with Crippen LogP contribution in [0.4, 0.5) is 0 Å². The fourth-order valence-corrected chi connectivity index (χ4v) is 2.74. The zero-order chi connectivity index (χ0) is 11.3. The van der Waals surface area contributed by atoms with Crippen LogP contribution in [0.5, 0.6) is 0 Å². The van der Waals surface area contributed by atoms with Gasteiger partial charge in [-0.05, 0) is 35.8 Å². The van der Waals surface area contributed by atoms with Gasteiger partial charge in [0.2, 0.25) is 0 Å². The number of furan rings is 1. The second-order valence-corrected chi connectivity index (χ2v) is 5.83. The third kappa shape index (κ3) is 1.31. The van der Waals surface area contributed by atoms with Crippen molar-refractivity contribution in [3.63, 3.8) is 0 Å². The molecule has 84 valence electrons. The molecule has 0 radical (unpaired) electrons. The van der Waals surface area contributed by atoms with Gasteiger partial charge in [-0.3, -0.25) is 0 Å². The lowest BCUT2D eigenvalue weighted by Gasteiger charge is -2.16. The summed E-state index contributed by atoms with van der Waals surface area (Å²) >= 11 is 0. The highest BCUT2D eigenvalue weighted by Gasteiger charge is 2.23. The van der Waals surface area contributed by atoms with Gasteiger partial charge < -0.3 is 4.42 Å². The van der Waals surface area contributed by atoms with E-state index in [0.29, 0.717) is 0 Å². The second-order valence-electron chi connectivity index (χ2n) is 5.83. The van der Waals surface area contributed by atoms with E-state index in [0.717, 1.165) is 5.58 Å². The third-order valence-corrected chi connectivity index (χ3v) is 3.62. The minimum atomic E-state index is 0.165. The van der Waals surface area contributed by atoms with Crippen molar-refractivity contribution < 1.29 is 4.42 Å². The molecule has 0 atom stereocenters. The maximum Gasteiger partial charge on any atom is 0.137 e. The zero-order valence-corrected chi connectivity index (χ0v) is 10.3. The Morgan fingerprint density at radius 1 is 1.12 bits per heavy atom. The molecule has 1 heteroatoms. The average Bonchev–Trinajstić information content (AvgIpc) is 2.81. The van der Waals surface area contributed by atoms with Crippen molar-refractivity contribution in [2.24, 2.45) is 0 Å². The molecule has 0 bridgehead atoms. The van der Waals surface area contributed by atoms with Crippen molar-refractivity contribution in [3.8, 4) is 0 Å². The number of fused-ring (bicyclic) bond motifs is 3. The highest BCUT2D eigenvalue weighted by atomic mass is 16.3. The lowest BCUT2D eigenvalue weighted by molar-refractivity contribution is 0.556. The number of hydrogen-bond donors (Lipinski definition) is 0. The van der Waals surface area contributed by atoms with Gasteiger partial charge in [0.1, 0.15) is 5.58 Å². The van der Waals surface area contributed by atoms with Gasteiger partial charge >= 0.3 is 0 Å². The van der Waals surface area contributed by atoms with Gasteiger partial charge in [0.15, 0.2) is 0 Å². The van der Waals surface area contributed by atoms with Crippen LogP contribution >= 0.6 is 0 Å². The van der Waals surface area contributed by atoms with Crippen LogP contribution in [-0.4, -0.2) is 0 Å². The minimum absolute atomic E-state index is 0.165. The predicted molar refractivity (Wildman–Crippen MR) is 66.9 cm³/mol. The van der Waals surface area contributed by atoms with Gasteiger partial charge in [-0.2, -0.15) is 0 Å². The molecule has 1 heterocycles. The van der Waals surface area contributed by atoms with Gasteiger partial charge in [0, 0.05) is 10.9 Å². The van der Waals surface area contributed by atoms with E-state index < -0.39 is 0 Å². The molecule has 0 N–H and O–H groups in total. The van der Waals surface area contributed by atoms with E-state index >= 15 is 0 Å². The van der Waals surface area contributed by atoms with Crippen LogP contribution in [0.15, 0.2) is 22.8 Å². The van der Waals surface area contributed by atoms with E-state index in [1.807, 2.05) is 6.26 Å². The maximum atomic E-state index is 5.82. The summed E-state index contributed by atoms with van der Waals surface area (Å²) in [5.74, 6) is 0. The second kappa shape index (κ2) is 3.13. The van der Waals surface area contributed by atoms with Crippen LogP contribution in [0.3, 0.4) is 0 Å². The maximum absolute atomic E-state index is 5.82. The summed E-state index contributed by atoms with van der Waals surface area (Å²) in [5.41, 5.74) is 5.57. The summed E-state index contributed by atoms with van der Waals surface area (Å²) < 4.78 is 5.82. The highest BCUT2D eigenvalue weighted by molar-refractivity contribution is 5.86. The lowest BCUT2D eigenvalue weighted by atomic mass is 9.86. The van der Waals surface area contributed by atoms with E-state index in [-0.39, 0.29) is 5.41 Å². The van der Waals surface area contributed by atoms with Crippen molar-refractivity contribution in [1.82, 2.24) is 0 Å². The fraction of sp³-hybridized carbons (Fsp3) is 0.467. The Kier molecular flexibility index (Phi) is 1.95. The first-order chi connectivity index (χ1) is 7.57. The first kappa shape index (κ1) is 9.95. The molecule has 3 rings (SSSR count). The monoisotopic (exact) mass is 214 g/mol. The Balaban J connectivity index is 2.30. The molecule has 0 aliphatic heterocycles. The molecular formula is C15H18O. The average molecular weight is 214 g/mol. The molecular weight excluding hydrogens is 196 g/mol. The topological polar surface area (TPSA) is 13.1 Å². The van der Waals surface area contributed by atoms with Crippen molar-refractivity contribution in [3.05, 3.63) is 35.1 Å². The van der Waals surface area contributed by atoms with Crippen LogP contribution in [0.2, 0.25) is 0 Å². The van der Waals surface area contributed by atoms with Crippen LogP contribution in [0.1, 0.15) is 43.9 Å². The highest BCUT2D eigenvalue weighted by Crippen LogP contribution is 2.36. The van der Waals surface area contributed by atoms with Crippen LogP contribution in [0.25, 0.3) is 11.0 Å². The van der Waals surface area contributed by atoms with Crippen LogP contribution in [0, 0.1) is 0 Å². The first-order valence-corrected chi connectivity index (χ1v) is 6.10. The molecule has 0 saturated heterocycles. The first-order valence-electron chi connectivity index (χ1n) is 6.10. The molecule has 2 aromatic rings. The number of aryl methyl sites for hydroxylation is 2. The van der Waals surface area contributed by atoms with E-state index in [2.05, 4.69) is 32.9 Å². The van der Waals surface area contributed by atoms with Crippen molar-refractivity contribution in [1.29, 1.82) is 0 Å². The third-order valence-electron chi connectivity index (χ3n) is 3.62. The molecule has 1 nitrogen and oxygen atoms in total. The summed E-state index contributed by atoms with van der Waals surface area (Å²) in [6.07, 6.45) is 5.63. The van der Waals surface area contributed by atoms with E-state index in [9.17, 15) is 0 Å². The SMILES string of the molecule is CC(C)(C)c1coc2c3c(ccc12)CCC3. The number of rotatable bonds is 0. The molecule has 0 spiro atoms. The predicted octanol–water partition coefficient (Wildman–Crippen LogP) is 4.22. The molecule has 0 unspecified atom stereocenters. The molecule has 1 aliphatic rings. The Labute approximate surface area is 96.5 Å². The van der Waals surface area contributed by atoms with Crippen molar-refractivity contribution in [2.75, 3.05) is 0 Å². The molecule has 1 aliphatic carbocycles. The van der Waals surface area contributed by atoms with Crippen LogP contribution < -0.4 is 0 Å². The van der Waals surface area contributed by atoms with E-state index in [1.165, 1.54) is 41.3 Å². The molecule has 0 saturated carbocycles. The normalized spacial score (nSPS) is 15.7. The smallest absolute Gasteiger partial charge is 0.137 e. The summed E-state index contributed by atoms with van der Waals surface area (Å²) in [5, 5.41) is 1.31. The Bertz CT molecular complexity index is 540. The summed E-state index contributed by atoms with van der Waals surface area (Å²) in [7, 11) is 0. The van der Waals surface area contributed by atoms with Gasteiger partial charge in [0.05, 0.1) is 6.26 Å². The summed E-state index contributed by atoms with van der Waals surface area (Å²) in [6, 6.07) is 4.53. The Morgan fingerprint density at radius 3 is 2.69 bits per heavy atom. The lowest BCUT2D eigenvalue weighted by Crippen LogP contribution is -2.09. The van der Waals surface area contributed by atoms with Gasteiger partial charge in [0.25, 0.3) is 0 Å². The van der Waals surface area contributed by atoms with Gasteiger partial charge in [-0.15, -0.1) is 0 Å². The van der Waals surface area contributed by atoms with E-state index in [1.54, 1.807) is 0 Å². The van der Waals surface area contributed by atoms with E-state index in [4.69, 9.17) is 4.42 Å². The van der Waals surface area contributed by atoms with Crippen molar-refractivity contribution in [2.45, 2.75) is 45.4 Å². The fourth-order valence-electron chi connectivity index (χ4n) is 2.74. The molecule has 16 heavy (non-hydrogen) atoms. The molecule has 1 aromatic heterocycles. The van der Waals surface area contributed by atoms with Gasteiger partial charge in [-0.25, -0.2) is 0 Å². The Morgan fingerprint density at radius 2 is 1.94 bits per heavy atom. The summed E-state index contributed by atoms with van der Waals surface area (Å²) in [4.78, 5) is 0. The molecule has 0 fully saturated rings. The minimum Gasteiger partial charge on any atom is -0.464 e. The van der Waals surface area contributed by atoms with Gasteiger partial charge in [-0.1, -0.05) is 32.9 Å². The standard InChI is InChI=1S/C15H18O/c1-15(2,3)13-9-16-14-11-6-4-5-10(11)7-8-12(13)14/h7-9H,4-6H2,1-3H3. The zero-order valence-electron chi connectivity index (χ0n) is 10.3. The largest absolute Gasteiger partial charge is 0.464 e. The number of hydrogen-bond acceptors (Lipinski definition) is 1. The number of benzene rings is 1. The van der Waals surface area contributed by atoms with Crippen LogP contribution in [-0.2, 0) is 18.3 Å². The van der Waals surface area contributed by atoms with Crippen molar-refractivity contribution >= 4 is 11.0 Å². The summed E-state index contributed by atoms with van der Waals surface area (Å²) in [6.45, 7) is 6.72. The molecule has 1 aromatic carbocycles. The Hall–Kier alpha value is -1.24. The molecule has 0 amide bonds.